The molecule has 136 valence electrons. The normalized spacial score (nSPS) is 14.1. The quantitative estimate of drug-likeness (QED) is 0.666. The maximum absolute atomic E-state index is 12.3. The monoisotopic (exact) mass is 379 g/mol. The van der Waals surface area contributed by atoms with Crippen molar-refractivity contribution in [3.8, 4) is 10.6 Å². The first-order valence-electron chi connectivity index (χ1n) is 8.49. The van der Waals surface area contributed by atoms with E-state index in [-0.39, 0.29) is 18.8 Å². The average Bonchev–Trinajstić information content (AvgIpc) is 3.20. The molecule has 1 aliphatic rings. The van der Waals surface area contributed by atoms with E-state index in [9.17, 15) is 9.59 Å². The molecule has 1 aliphatic heterocycles. The number of carbonyl (C=O) groups is 2. The third-order valence-electron chi connectivity index (χ3n) is 4.38. The number of carbonyl (C=O) groups excluding carboxylic acids is 2. The number of amides is 2. The summed E-state index contributed by atoms with van der Waals surface area (Å²) in [6.07, 6.45) is 1.27. The lowest BCUT2D eigenvalue weighted by Crippen LogP contribution is -2.34. The van der Waals surface area contributed by atoms with E-state index in [0.29, 0.717) is 0 Å². The van der Waals surface area contributed by atoms with Crippen LogP contribution < -0.4 is 5.32 Å². The van der Waals surface area contributed by atoms with Crippen molar-refractivity contribution in [2.75, 3.05) is 18.5 Å². The van der Waals surface area contributed by atoms with Crippen molar-refractivity contribution < 1.29 is 14.7 Å². The van der Waals surface area contributed by atoms with Gasteiger partial charge in [0.25, 0.3) is 11.8 Å². The van der Waals surface area contributed by atoms with Crippen LogP contribution in [0.15, 0.2) is 54.2 Å². The highest BCUT2D eigenvalue weighted by Crippen LogP contribution is 2.33. The Kier molecular flexibility index (Phi) is 4.47. The second kappa shape index (κ2) is 6.94. The first-order chi connectivity index (χ1) is 13.1. The molecule has 4 rings (SSSR count). The molecule has 1 aromatic heterocycles. The Bertz CT molecular complexity index is 1050. The lowest BCUT2D eigenvalue weighted by atomic mass is 10.1. The van der Waals surface area contributed by atoms with Crippen LogP contribution in [0, 0.1) is 6.92 Å². The van der Waals surface area contributed by atoms with Crippen molar-refractivity contribution in [3.05, 3.63) is 59.8 Å². The van der Waals surface area contributed by atoms with Gasteiger partial charge in [-0.05, 0) is 30.7 Å². The zero-order valence-electron chi connectivity index (χ0n) is 14.6. The Hall–Kier alpha value is -3.03. The molecule has 2 amide bonds. The second-order valence-electron chi connectivity index (χ2n) is 6.22. The molecule has 0 spiro atoms. The van der Waals surface area contributed by atoms with Gasteiger partial charge in [-0.3, -0.25) is 14.5 Å². The van der Waals surface area contributed by atoms with E-state index >= 15 is 0 Å². The van der Waals surface area contributed by atoms with Crippen molar-refractivity contribution in [2.24, 2.45) is 0 Å². The van der Waals surface area contributed by atoms with Crippen LogP contribution in [0.4, 0.5) is 5.69 Å². The number of thiazole rings is 1. The number of para-hydroxylation sites is 1. The van der Waals surface area contributed by atoms with Crippen LogP contribution in [0.2, 0.25) is 0 Å². The molecule has 2 aromatic carbocycles. The first-order valence-corrected chi connectivity index (χ1v) is 9.30. The Labute approximate surface area is 159 Å². The molecule has 0 atom stereocenters. The average molecular weight is 379 g/mol. The summed E-state index contributed by atoms with van der Waals surface area (Å²) in [5.41, 5.74) is 3.78. The zero-order chi connectivity index (χ0) is 19.0. The standard InChI is InChI=1S/C20H17N3O3S/c1-12-6-7-13(19-22-14-4-2-3-5-17(14)27-19)10-15(12)21-16-11-18(25)23(8-9-24)20(16)26/h2-7,10-11,21,24H,8-9H2,1H3. The second-order valence-corrected chi connectivity index (χ2v) is 7.25. The summed E-state index contributed by atoms with van der Waals surface area (Å²) in [5.74, 6) is -0.852. The van der Waals surface area contributed by atoms with Crippen LogP contribution in [0.5, 0.6) is 0 Å². The van der Waals surface area contributed by atoms with E-state index < -0.39 is 11.8 Å². The van der Waals surface area contributed by atoms with E-state index in [4.69, 9.17) is 5.11 Å². The Morgan fingerprint density at radius 1 is 1.19 bits per heavy atom. The van der Waals surface area contributed by atoms with Gasteiger partial charge in [0, 0.05) is 17.3 Å². The summed E-state index contributed by atoms with van der Waals surface area (Å²) in [7, 11) is 0. The molecule has 7 heteroatoms. The van der Waals surface area contributed by atoms with Crippen LogP contribution in [0.1, 0.15) is 5.56 Å². The Morgan fingerprint density at radius 3 is 2.78 bits per heavy atom. The fourth-order valence-corrected chi connectivity index (χ4v) is 3.90. The number of anilines is 1. The van der Waals surface area contributed by atoms with Gasteiger partial charge < -0.3 is 10.4 Å². The van der Waals surface area contributed by atoms with Crippen molar-refractivity contribution in [1.29, 1.82) is 0 Å². The van der Waals surface area contributed by atoms with E-state index in [1.54, 1.807) is 11.3 Å². The minimum absolute atomic E-state index is 0.00985. The molecule has 6 nitrogen and oxygen atoms in total. The molecule has 0 radical (unpaired) electrons. The molecular weight excluding hydrogens is 362 g/mol. The van der Waals surface area contributed by atoms with Gasteiger partial charge in [0.15, 0.2) is 0 Å². The van der Waals surface area contributed by atoms with Gasteiger partial charge in [0.1, 0.15) is 10.7 Å². The molecular formula is C20H17N3O3S. The molecule has 0 saturated heterocycles. The molecule has 0 unspecified atom stereocenters. The number of nitrogens with zero attached hydrogens (tertiary/aromatic N) is 2. The van der Waals surface area contributed by atoms with Gasteiger partial charge in [-0.2, -0.15) is 0 Å². The third-order valence-corrected chi connectivity index (χ3v) is 5.47. The highest BCUT2D eigenvalue weighted by Gasteiger charge is 2.30. The fourth-order valence-electron chi connectivity index (χ4n) is 2.94. The summed E-state index contributed by atoms with van der Waals surface area (Å²) in [4.78, 5) is 30.0. The lowest BCUT2D eigenvalue weighted by molar-refractivity contribution is -0.137. The van der Waals surface area contributed by atoms with Crippen molar-refractivity contribution in [2.45, 2.75) is 6.92 Å². The van der Waals surface area contributed by atoms with Gasteiger partial charge in [-0.15, -0.1) is 11.3 Å². The Morgan fingerprint density at radius 2 is 2.00 bits per heavy atom. The van der Waals surface area contributed by atoms with Gasteiger partial charge >= 0.3 is 0 Å². The highest BCUT2D eigenvalue weighted by atomic mass is 32.1. The minimum Gasteiger partial charge on any atom is -0.395 e. The lowest BCUT2D eigenvalue weighted by Gasteiger charge is -2.14. The topological polar surface area (TPSA) is 82.5 Å². The molecule has 0 bridgehead atoms. The van der Waals surface area contributed by atoms with Crippen LogP contribution in [-0.2, 0) is 9.59 Å². The summed E-state index contributed by atoms with van der Waals surface area (Å²) in [6.45, 7) is 1.66. The Balaban J connectivity index is 1.64. The van der Waals surface area contributed by atoms with Gasteiger partial charge in [-0.25, -0.2) is 4.98 Å². The summed E-state index contributed by atoms with van der Waals surface area (Å²) in [6, 6.07) is 13.8. The molecule has 3 aromatic rings. The van der Waals surface area contributed by atoms with E-state index in [0.717, 1.165) is 36.9 Å². The zero-order valence-corrected chi connectivity index (χ0v) is 15.4. The largest absolute Gasteiger partial charge is 0.395 e. The SMILES string of the molecule is Cc1ccc(-c2nc3ccccc3s2)cc1NC1=CC(=O)N(CCO)C1=O. The molecule has 27 heavy (non-hydrogen) atoms. The maximum atomic E-state index is 12.3. The van der Waals surface area contributed by atoms with Crippen molar-refractivity contribution in [1.82, 2.24) is 9.88 Å². The molecule has 0 saturated carbocycles. The number of rotatable bonds is 5. The predicted molar refractivity (Wildman–Crippen MR) is 105 cm³/mol. The number of nitrogens with one attached hydrogen (secondary N) is 1. The fraction of sp³-hybridized carbons (Fsp3) is 0.150. The smallest absolute Gasteiger partial charge is 0.277 e. The number of hydrogen-bond acceptors (Lipinski definition) is 6. The number of β-amino-alcohol motifs (C(OH)–C–C–N with tert-alkyl or cyclic N) is 1. The van der Waals surface area contributed by atoms with Crippen LogP contribution in [0.25, 0.3) is 20.8 Å². The van der Waals surface area contributed by atoms with Gasteiger partial charge in [0.2, 0.25) is 0 Å². The molecule has 0 fully saturated rings. The van der Waals surface area contributed by atoms with Gasteiger partial charge in [-0.1, -0.05) is 24.3 Å². The number of aromatic nitrogens is 1. The van der Waals surface area contributed by atoms with E-state index in [1.807, 2.05) is 49.4 Å². The van der Waals surface area contributed by atoms with Crippen LogP contribution >= 0.6 is 11.3 Å². The van der Waals surface area contributed by atoms with Crippen LogP contribution in [0.3, 0.4) is 0 Å². The summed E-state index contributed by atoms with van der Waals surface area (Å²) in [5, 5.41) is 13.0. The number of imide groups is 1. The molecule has 0 aliphatic carbocycles. The number of benzene rings is 2. The predicted octanol–water partition coefficient (Wildman–Crippen LogP) is 2.93. The van der Waals surface area contributed by atoms with Crippen LogP contribution in [-0.4, -0.2) is 40.0 Å². The number of aliphatic hydroxyl groups is 1. The maximum Gasteiger partial charge on any atom is 0.277 e. The summed E-state index contributed by atoms with van der Waals surface area (Å²) < 4.78 is 1.11. The molecule has 2 heterocycles. The van der Waals surface area contributed by atoms with E-state index in [2.05, 4.69) is 10.3 Å². The van der Waals surface area contributed by atoms with Crippen molar-refractivity contribution >= 4 is 39.1 Å². The minimum atomic E-state index is -0.432. The van der Waals surface area contributed by atoms with Crippen molar-refractivity contribution in [3.63, 3.8) is 0 Å². The van der Waals surface area contributed by atoms with E-state index in [1.165, 1.54) is 6.08 Å². The highest BCUT2D eigenvalue weighted by molar-refractivity contribution is 7.21. The molecule has 2 N–H and O–H groups in total. The van der Waals surface area contributed by atoms with Gasteiger partial charge in [0.05, 0.1) is 23.4 Å². The first kappa shape index (κ1) is 17.4. The third kappa shape index (κ3) is 3.22. The summed E-state index contributed by atoms with van der Waals surface area (Å²) >= 11 is 1.61. The number of aliphatic hydroxyl groups excluding tert-OH is 1. The number of aryl methyl sites for hydroxylation is 1. The number of fused-ring (bicyclic) bond motifs is 1. The number of hydrogen-bond donors (Lipinski definition) is 2.